The van der Waals surface area contributed by atoms with Crippen molar-refractivity contribution in [3.8, 4) is 11.5 Å². The lowest BCUT2D eigenvalue weighted by atomic mass is 9.68. The van der Waals surface area contributed by atoms with E-state index in [0.717, 1.165) is 34.9 Å². The van der Waals surface area contributed by atoms with Gasteiger partial charge in [0, 0.05) is 17.3 Å². The Bertz CT molecular complexity index is 1240. The number of methoxy groups -OCH3 is 2. The molecule has 34 heavy (non-hydrogen) atoms. The van der Waals surface area contributed by atoms with Gasteiger partial charge in [0.05, 0.1) is 32.2 Å². The van der Waals surface area contributed by atoms with Crippen LogP contribution in [0.5, 0.6) is 11.5 Å². The van der Waals surface area contributed by atoms with E-state index >= 15 is 0 Å². The maximum atomic E-state index is 13.6. The number of carbonyl (C=O) groups excluding carboxylic acids is 1. The lowest BCUT2D eigenvalue weighted by Gasteiger charge is -2.54. The summed E-state index contributed by atoms with van der Waals surface area (Å²) in [6.45, 7) is 0. The predicted octanol–water partition coefficient (Wildman–Crippen LogP) is 5.36. The third-order valence-corrected chi connectivity index (χ3v) is 7.63. The molecule has 0 spiro atoms. The Morgan fingerprint density at radius 2 is 1.65 bits per heavy atom. The molecule has 0 radical (unpaired) electrons. The summed E-state index contributed by atoms with van der Waals surface area (Å²) >= 11 is 0. The molecule has 5 nitrogen and oxygen atoms in total. The Hall–Kier alpha value is -3.73. The molecule has 6 rings (SSSR count). The lowest BCUT2D eigenvalue weighted by molar-refractivity contribution is -0.127. The molecule has 3 aromatic rings. The van der Waals surface area contributed by atoms with Crippen LogP contribution in [0.4, 0.5) is 11.4 Å². The van der Waals surface area contributed by atoms with Gasteiger partial charge in [-0.05, 0) is 65.9 Å². The molecule has 2 heterocycles. The molecule has 0 aromatic heterocycles. The number of benzene rings is 3. The number of hydrogen-bond acceptors (Lipinski definition) is 4. The van der Waals surface area contributed by atoms with Crippen molar-refractivity contribution < 1.29 is 14.3 Å². The standard InChI is InChI=1S/C29H28N2O3/c1-33-20-13-11-19(12-14-20)31-28(26(29(31)32)18-7-4-3-5-8-18)27-23-10-6-9-22(23)24-17-21(34-2)15-16-25(24)30-27/h3-9,11-17,22-23,26-28,30H,10H2,1-2H3/t22-,23+,26?,27-,28?/m1/s1. The summed E-state index contributed by atoms with van der Waals surface area (Å²) in [5.41, 5.74) is 4.38. The molecule has 2 aliphatic heterocycles. The molecule has 1 aliphatic carbocycles. The fourth-order valence-electron chi connectivity index (χ4n) is 6.00. The van der Waals surface area contributed by atoms with Crippen LogP contribution in [0.1, 0.15) is 29.4 Å². The topological polar surface area (TPSA) is 50.8 Å². The monoisotopic (exact) mass is 452 g/mol. The molecule has 172 valence electrons. The zero-order valence-corrected chi connectivity index (χ0v) is 19.3. The largest absolute Gasteiger partial charge is 0.497 e. The Kier molecular flexibility index (Phi) is 5.05. The maximum absolute atomic E-state index is 13.6. The van der Waals surface area contributed by atoms with Gasteiger partial charge < -0.3 is 19.7 Å². The number of carbonyl (C=O) groups is 1. The number of ether oxygens (including phenoxy) is 2. The summed E-state index contributed by atoms with van der Waals surface area (Å²) in [4.78, 5) is 15.6. The number of anilines is 2. The first kappa shape index (κ1) is 20.8. The number of nitrogens with one attached hydrogen (secondary N) is 1. The molecule has 0 bridgehead atoms. The Labute approximate surface area is 200 Å². The van der Waals surface area contributed by atoms with Crippen LogP contribution in [0.15, 0.2) is 84.9 Å². The lowest BCUT2D eigenvalue weighted by Crippen LogP contribution is -2.68. The fourth-order valence-corrected chi connectivity index (χ4v) is 6.00. The minimum atomic E-state index is -0.179. The summed E-state index contributed by atoms with van der Waals surface area (Å²) in [6.07, 6.45) is 5.60. The fraction of sp³-hybridized carbons (Fsp3) is 0.276. The van der Waals surface area contributed by atoms with E-state index in [1.807, 2.05) is 53.4 Å². The Balaban J connectivity index is 1.42. The molecule has 0 saturated carbocycles. The van der Waals surface area contributed by atoms with E-state index in [4.69, 9.17) is 9.47 Å². The molecule has 3 aromatic carbocycles. The molecule has 5 atom stereocenters. The third kappa shape index (κ3) is 3.18. The van der Waals surface area contributed by atoms with Gasteiger partial charge in [-0.1, -0.05) is 42.5 Å². The normalized spacial score (nSPS) is 26.8. The van der Waals surface area contributed by atoms with Crippen molar-refractivity contribution in [3.05, 3.63) is 96.1 Å². The number of fused-ring (bicyclic) bond motifs is 3. The van der Waals surface area contributed by atoms with E-state index in [0.29, 0.717) is 11.8 Å². The first-order valence-electron chi connectivity index (χ1n) is 11.8. The number of rotatable bonds is 5. The van der Waals surface area contributed by atoms with Crippen LogP contribution in [-0.4, -0.2) is 32.2 Å². The van der Waals surface area contributed by atoms with Crippen molar-refractivity contribution in [1.29, 1.82) is 0 Å². The molecule has 1 saturated heterocycles. The molecular formula is C29H28N2O3. The van der Waals surface area contributed by atoms with Crippen LogP contribution >= 0.6 is 0 Å². The maximum Gasteiger partial charge on any atom is 0.237 e. The van der Waals surface area contributed by atoms with Gasteiger partial charge >= 0.3 is 0 Å². The summed E-state index contributed by atoms with van der Waals surface area (Å²) < 4.78 is 10.8. The van der Waals surface area contributed by atoms with Crippen molar-refractivity contribution >= 4 is 17.3 Å². The Morgan fingerprint density at radius 3 is 2.38 bits per heavy atom. The van der Waals surface area contributed by atoms with Crippen molar-refractivity contribution in [1.82, 2.24) is 0 Å². The number of amides is 1. The smallest absolute Gasteiger partial charge is 0.237 e. The molecule has 1 N–H and O–H groups in total. The zero-order chi connectivity index (χ0) is 23.2. The average molecular weight is 453 g/mol. The van der Waals surface area contributed by atoms with Crippen molar-refractivity contribution in [2.45, 2.75) is 30.3 Å². The van der Waals surface area contributed by atoms with Gasteiger partial charge in [0.25, 0.3) is 0 Å². The van der Waals surface area contributed by atoms with E-state index in [-0.39, 0.29) is 23.9 Å². The SMILES string of the molecule is COc1ccc(N2C(=O)C(c3ccccc3)C2[C@@H]2Nc3ccc(OC)cc3[C@@H]3C=CC[C@@H]32)cc1. The van der Waals surface area contributed by atoms with E-state index < -0.39 is 0 Å². The third-order valence-electron chi connectivity index (χ3n) is 7.63. The van der Waals surface area contributed by atoms with E-state index in [2.05, 4.69) is 41.7 Å². The zero-order valence-electron chi connectivity index (χ0n) is 19.3. The highest BCUT2D eigenvalue weighted by atomic mass is 16.5. The average Bonchev–Trinajstić information content (AvgIpc) is 3.38. The predicted molar refractivity (Wildman–Crippen MR) is 134 cm³/mol. The molecular weight excluding hydrogens is 424 g/mol. The van der Waals surface area contributed by atoms with Crippen molar-refractivity contribution in [3.63, 3.8) is 0 Å². The van der Waals surface area contributed by atoms with Crippen molar-refractivity contribution in [2.24, 2.45) is 5.92 Å². The number of β-lactam (4-membered cyclic amide) rings is 1. The summed E-state index contributed by atoms with van der Waals surface area (Å²) in [6, 6.07) is 24.4. The highest BCUT2D eigenvalue weighted by Gasteiger charge is 2.56. The summed E-state index contributed by atoms with van der Waals surface area (Å²) in [7, 11) is 3.36. The first-order valence-corrected chi connectivity index (χ1v) is 11.8. The molecule has 3 aliphatic rings. The first-order chi connectivity index (χ1) is 16.7. The van der Waals surface area contributed by atoms with Crippen LogP contribution in [0.3, 0.4) is 0 Å². The van der Waals surface area contributed by atoms with Crippen LogP contribution < -0.4 is 19.7 Å². The van der Waals surface area contributed by atoms with E-state index in [1.54, 1.807) is 14.2 Å². The van der Waals surface area contributed by atoms with Gasteiger partial charge in [0.1, 0.15) is 11.5 Å². The van der Waals surface area contributed by atoms with Gasteiger partial charge in [0.2, 0.25) is 5.91 Å². The number of nitrogens with zero attached hydrogens (tertiary/aromatic N) is 1. The van der Waals surface area contributed by atoms with Crippen LogP contribution in [0, 0.1) is 5.92 Å². The minimum absolute atomic E-state index is 0.00551. The Morgan fingerprint density at radius 1 is 0.912 bits per heavy atom. The highest BCUT2D eigenvalue weighted by molar-refractivity contribution is 6.07. The minimum Gasteiger partial charge on any atom is -0.497 e. The number of allylic oxidation sites excluding steroid dienone is 2. The van der Waals surface area contributed by atoms with E-state index in [9.17, 15) is 4.79 Å². The van der Waals surface area contributed by atoms with Gasteiger partial charge in [-0.25, -0.2) is 0 Å². The van der Waals surface area contributed by atoms with Crippen LogP contribution in [0.25, 0.3) is 0 Å². The summed E-state index contributed by atoms with van der Waals surface area (Å²) in [5, 5.41) is 3.85. The van der Waals surface area contributed by atoms with Crippen molar-refractivity contribution in [2.75, 3.05) is 24.4 Å². The second kappa shape index (κ2) is 8.24. The second-order valence-electron chi connectivity index (χ2n) is 9.26. The highest BCUT2D eigenvalue weighted by Crippen LogP contribution is 2.51. The molecule has 1 amide bonds. The van der Waals surface area contributed by atoms with Gasteiger partial charge in [0.15, 0.2) is 0 Å². The van der Waals surface area contributed by atoms with Crippen LogP contribution in [0.2, 0.25) is 0 Å². The van der Waals surface area contributed by atoms with E-state index in [1.165, 1.54) is 5.56 Å². The van der Waals surface area contributed by atoms with Gasteiger partial charge in [-0.15, -0.1) is 0 Å². The molecule has 1 fully saturated rings. The second-order valence-corrected chi connectivity index (χ2v) is 9.26. The quantitative estimate of drug-likeness (QED) is 0.418. The number of hydrogen-bond donors (Lipinski definition) is 1. The summed E-state index contributed by atoms with van der Waals surface area (Å²) in [5.74, 6) is 2.30. The van der Waals surface area contributed by atoms with Gasteiger partial charge in [-0.2, -0.15) is 0 Å². The molecule has 2 unspecified atom stereocenters. The van der Waals surface area contributed by atoms with Gasteiger partial charge in [-0.3, -0.25) is 4.79 Å². The van der Waals surface area contributed by atoms with Crippen LogP contribution in [-0.2, 0) is 4.79 Å². The molecule has 5 heteroatoms.